The summed E-state index contributed by atoms with van der Waals surface area (Å²) in [6.45, 7) is 6.78. The second-order valence-corrected chi connectivity index (χ2v) is 13.0. The zero-order valence-corrected chi connectivity index (χ0v) is 26.8. The molecule has 2 fully saturated rings. The fourth-order valence-electron chi connectivity index (χ4n) is 6.96. The molecule has 0 radical (unpaired) electrons. The van der Waals surface area contributed by atoms with Gasteiger partial charge in [0.2, 0.25) is 6.23 Å². The maximum Gasteiger partial charge on any atom is 0.203 e. The highest BCUT2D eigenvalue weighted by molar-refractivity contribution is 6.39. The van der Waals surface area contributed by atoms with Gasteiger partial charge >= 0.3 is 0 Å². The number of nitrogens with one attached hydrogen (secondary N) is 4. The number of hydrogen-bond donors (Lipinski definition) is 4. The Morgan fingerprint density at radius 3 is 2.67 bits per heavy atom. The SMILES string of the molecule is C=N/C(=C\NCC1CCCN1)c1ccc(C2Oc3cc(-c4cnc(C5CCCN5)[nH]4)ccc3-c3c(Cl)c4cc(Cl)ccc4n32)cc1. The zero-order valence-electron chi connectivity index (χ0n) is 25.3. The molecule has 46 heavy (non-hydrogen) atoms. The Hall–Kier alpha value is -4.08. The summed E-state index contributed by atoms with van der Waals surface area (Å²) in [6.07, 6.45) is 8.04. The molecule has 8 nitrogen and oxygen atoms in total. The predicted octanol–water partition coefficient (Wildman–Crippen LogP) is 7.71. The van der Waals surface area contributed by atoms with Gasteiger partial charge in [0.25, 0.3) is 0 Å². The van der Waals surface area contributed by atoms with Crippen molar-refractivity contribution in [2.24, 2.45) is 4.99 Å². The van der Waals surface area contributed by atoms with Gasteiger partial charge in [0, 0.05) is 51.4 Å². The lowest BCUT2D eigenvalue weighted by molar-refractivity contribution is 0.173. The van der Waals surface area contributed by atoms with Gasteiger partial charge < -0.3 is 25.7 Å². The molecule has 5 heterocycles. The molecule has 3 aromatic carbocycles. The monoisotopic (exact) mass is 651 g/mol. The third-order valence-electron chi connectivity index (χ3n) is 9.34. The van der Waals surface area contributed by atoms with Crippen LogP contribution in [0.4, 0.5) is 0 Å². The molecule has 0 bridgehead atoms. The summed E-state index contributed by atoms with van der Waals surface area (Å²) in [5, 5.41) is 12.6. The minimum Gasteiger partial charge on any atom is -0.465 e. The minimum absolute atomic E-state index is 0.267. The first kappa shape index (κ1) is 29.3. The molecule has 8 rings (SSSR count). The van der Waals surface area contributed by atoms with E-state index in [0.29, 0.717) is 16.1 Å². The molecule has 0 saturated carbocycles. The fourth-order valence-corrected chi connectivity index (χ4v) is 7.47. The molecule has 3 aliphatic heterocycles. The Balaban J connectivity index is 1.16. The number of H-pyrrole nitrogens is 1. The highest BCUT2D eigenvalue weighted by Gasteiger charge is 2.32. The minimum atomic E-state index is -0.460. The smallest absolute Gasteiger partial charge is 0.203 e. The Bertz CT molecular complexity index is 1950. The molecular formula is C36H35Cl2N7O. The number of aromatic nitrogens is 3. The summed E-state index contributed by atoms with van der Waals surface area (Å²) in [6, 6.07) is 21.1. The Morgan fingerprint density at radius 2 is 1.89 bits per heavy atom. The number of benzene rings is 3. The molecule has 0 aliphatic carbocycles. The van der Waals surface area contributed by atoms with Gasteiger partial charge in [-0.3, -0.25) is 9.56 Å². The van der Waals surface area contributed by atoms with Gasteiger partial charge in [-0.25, -0.2) is 4.98 Å². The van der Waals surface area contributed by atoms with Crippen LogP contribution in [-0.4, -0.2) is 46.9 Å². The quantitative estimate of drug-likeness (QED) is 0.129. The van der Waals surface area contributed by atoms with Crippen molar-refractivity contribution in [2.75, 3.05) is 19.6 Å². The summed E-state index contributed by atoms with van der Waals surface area (Å²) >= 11 is 13.6. The summed E-state index contributed by atoms with van der Waals surface area (Å²) < 4.78 is 9.04. The van der Waals surface area contributed by atoms with Crippen molar-refractivity contribution in [3.63, 3.8) is 0 Å². The molecule has 2 aromatic heterocycles. The number of nitrogens with zero attached hydrogens (tertiary/aromatic N) is 3. The van der Waals surface area contributed by atoms with E-state index in [1.165, 1.54) is 12.8 Å². The molecule has 2 saturated heterocycles. The number of aromatic amines is 1. The van der Waals surface area contributed by atoms with Gasteiger partial charge in [-0.05, 0) is 75.8 Å². The number of hydrogen-bond acceptors (Lipinski definition) is 6. The second-order valence-electron chi connectivity index (χ2n) is 12.2. The summed E-state index contributed by atoms with van der Waals surface area (Å²) in [7, 11) is 0. The number of ether oxygens (including phenoxy) is 1. The van der Waals surface area contributed by atoms with E-state index in [2.05, 4.69) is 84.7 Å². The first-order chi connectivity index (χ1) is 22.6. The highest BCUT2D eigenvalue weighted by atomic mass is 35.5. The molecule has 5 aromatic rings. The van der Waals surface area contributed by atoms with Gasteiger partial charge in [-0.15, -0.1) is 0 Å². The fraction of sp³-hybridized carbons (Fsp3) is 0.278. The number of aliphatic imine (C=N–C) groups is 1. The second kappa shape index (κ2) is 12.3. The lowest BCUT2D eigenvalue weighted by Crippen LogP contribution is -2.31. The van der Waals surface area contributed by atoms with E-state index in [9.17, 15) is 0 Å². The number of rotatable bonds is 8. The topological polar surface area (TPSA) is 91.3 Å². The maximum absolute atomic E-state index is 7.15. The number of fused-ring (bicyclic) bond motifs is 5. The van der Waals surface area contributed by atoms with E-state index >= 15 is 0 Å². The Morgan fingerprint density at radius 1 is 1.04 bits per heavy atom. The standard InChI is InChI=1S/C36H35Cl2N7O/c1-39-29(19-40-18-25-4-2-14-41-25)21-6-8-22(9-7-21)36-45-31-13-11-24(37)17-27(31)33(38)34(45)26-12-10-23(16-32(26)46-36)30-20-43-35(44-30)28-5-3-15-42-28/h6-13,16-17,19-20,25,28,36,40-42H,1-5,14-15,18H2,(H,43,44)/b29-19-. The van der Waals surface area contributed by atoms with Crippen molar-refractivity contribution in [3.8, 4) is 28.3 Å². The van der Waals surface area contributed by atoms with Gasteiger partial charge in [0.15, 0.2) is 0 Å². The summed E-state index contributed by atoms with van der Waals surface area (Å²) in [4.78, 5) is 12.5. The van der Waals surface area contributed by atoms with Gasteiger partial charge in [0.1, 0.15) is 11.6 Å². The number of imidazole rings is 1. The molecule has 234 valence electrons. The van der Waals surface area contributed by atoms with E-state index in [-0.39, 0.29) is 6.04 Å². The first-order valence-electron chi connectivity index (χ1n) is 15.9. The van der Waals surface area contributed by atoms with Crippen LogP contribution in [-0.2, 0) is 0 Å². The van der Waals surface area contributed by atoms with E-state index in [0.717, 1.165) is 94.3 Å². The van der Waals surface area contributed by atoms with Crippen molar-refractivity contribution in [3.05, 3.63) is 100 Å². The summed E-state index contributed by atoms with van der Waals surface area (Å²) in [5.74, 6) is 1.72. The van der Waals surface area contributed by atoms with Crippen LogP contribution in [0.3, 0.4) is 0 Å². The zero-order chi connectivity index (χ0) is 31.2. The van der Waals surface area contributed by atoms with E-state index in [1.54, 1.807) is 0 Å². The van der Waals surface area contributed by atoms with Gasteiger partial charge in [0.05, 0.1) is 39.9 Å². The van der Waals surface area contributed by atoms with Crippen LogP contribution in [0.5, 0.6) is 5.75 Å². The average Bonchev–Trinajstić information content (AvgIpc) is 3.91. The van der Waals surface area contributed by atoms with Crippen molar-refractivity contribution >= 4 is 46.5 Å². The van der Waals surface area contributed by atoms with E-state index in [1.807, 2.05) is 30.6 Å². The normalized spacial score (nSPS) is 20.8. The molecule has 3 unspecified atom stereocenters. The van der Waals surface area contributed by atoms with Gasteiger partial charge in [-0.1, -0.05) is 53.5 Å². The third-order valence-corrected chi connectivity index (χ3v) is 9.96. The molecule has 3 aliphatic rings. The van der Waals surface area contributed by atoms with Crippen LogP contribution < -0.4 is 20.7 Å². The third kappa shape index (κ3) is 5.29. The summed E-state index contributed by atoms with van der Waals surface area (Å²) in [5.41, 5.74) is 7.48. The predicted molar refractivity (Wildman–Crippen MR) is 187 cm³/mol. The van der Waals surface area contributed by atoms with Crippen LogP contribution in [0.1, 0.15) is 54.9 Å². The van der Waals surface area contributed by atoms with Crippen molar-refractivity contribution in [2.45, 2.75) is 44.0 Å². The van der Waals surface area contributed by atoms with Crippen LogP contribution in [0, 0.1) is 0 Å². The van der Waals surface area contributed by atoms with Crippen molar-refractivity contribution in [1.82, 2.24) is 30.5 Å². The van der Waals surface area contributed by atoms with E-state index < -0.39 is 6.23 Å². The molecular weight excluding hydrogens is 617 g/mol. The van der Waals surface area contributed by atoms with Crippen LogP contribution in [0.2, 0.25) is 10.0 Å². The average molecular weight is 653 g/mol. The largest absolute Gasteiger partial charge is 0.465 e. The highest BCUT2D eigenvalue weighted by Crippen LogP contribution is 2.49. The van der Waals surface area contributed by atoms with Crippen molar-refractivity contribution < 1.29 is 4.74 Å². The van der Waals surface area contributed by atoms with Crippen LogP contribution >= 0.6 is 23.2 Å². The van der Waals surface area contributed by atoms with Crippen molar-refractivity contribution in [1.29, 1.82) is 0 Å². The first-order valence-corrected chi connectivity index (χ1v) is 16.7. The van der Waals surface area contributed by atoms with E-state index in [4.69, 9.17) is 27.9 Å². The van der Waals surface area contributed by atoms with Gasteiger partial charge in [-0.2, -0.15) is 0 Å². The lowest BCUT2D eigenvalue weighted by atomic mass is 10.0. The molecule has 0 spiro atoms. The lowest BCUT2D eigenvalue weighted by Gasteiger charge is -2.31. The van der Waals surface area contributed by atoms with Crippen LogP contribution in [0.25, 0.3) is 39.1 Å². The number of halogens is 2. The Labute approximate surface area is 277 Å². The molecule has 0 amide bonds. The molecule has 3 atom stereocenters. The van der Waals surface area contributed by atoms with Crippen LogP contribution in [0.15, 0.2) is 78.1 Å². The maximum atomic E-state index is 7.15. The molecule has 10 heteroatoms. The Kier molecular flexibility index (Phi) is 7.82. The molecule has 4 N–H and O–H groups in total.